The third-order valence-corrected chi connectivity index (χ3v) is 3.27. The molecule has 1 aromatic heterocycles. The van der Waals surface area contributed by atoms with Crippen LogP contribution in [0.25, 0.3) is 0 Å². The molecule has 0 spiro atoms. The summed E-state index contributed by atoms with van der Waals surface area (Å²) in [7, 11) is 1.73. The van der Waals surface area contributed by atoms with Crippen molar-refractivity contribution in [2.24, 2.45) is 5.73 Å². The molecule has 0 saturated carbocycles. The molecule has 1 unspecified atom stereocenters. The number of hydrogen-bond donors (Lipinski definition) is 2. The van der Waals surface area contributed by atoms with Crippen LogP contribution in [0.15, 0.2) is 6.20 Å². The Labute approximate surface area is 101 Å². The zero-order chi connectivity index (χ0) is 11.8. The second-order valence-electron chi connectivity index (χ2n) is 3.81. The molecule has 4 nitrogen and oxygen atoms in total. The number of aromatic nitrogens is 1. The minimum Gasteiger partial charge on any atom is -0.383 e. The lowest BCUT2D eigenvalue weighted by Gasteiger charge is -2.16. The van der Waals surface area contributed by atoms with Crippen LogP contribution in [0.3, 0.4) is 0 Å². The van der Waals surface area contributed by atoms with Crippen molar-refractivity contribution in [2.75, 3.05) is 20.3 Å². The Morgan fingerprint density at radius 1 is 1.62 bits per heavy atom. The van der Waals surface area contributed by atoms with Gasteiger partial charge in [-0.3, -0.25) is 0 Å². The highest BCUT2D eigenvalue weighted by atomic mass is 32.1. The zero-order valence-corrected chi connectivity index (χ0v) is 10.8. The van der Waals surface area contributed by atoms with E-state index in [2.05, 4.69) is 10.3 Å². The molecular weight excluding hydrogens is 222 g/mol. The van der Waals surface area contributed by atoms with E-state index in [1.165, 1.54) is 4.88 Å². The summed E-state index contributed by atoms with van der Waals surface area (Å²) in [4.78, 5) is 5.50. The van der Waals surface area contributed by atoms with Gasteiger partial charge in [0.25, 0.3) is 0 Å². The third kappa shape index (κ3) is 5.03. The maximum Gasteiger partial charge on any atom is 0.0897 e. The summed E-state index contributed by atoms with van der Waals surface area (Å²) in [6.07, 6.45) is 4.02. The molecule has 16 heavy (non-hydrogen) atoms. The van der Waals surface area contributed by atoms with Gasteiger partial charge >= 0.3 is 0 Å². The molecule has 1 aromatic rings. The fraction of sp³-hybridized carbons (Fsp3) is 0.727. The molecule has 0 aliphatic carbocycles. The lowest BCUT2D eigenvalue weighted by molar-refractivity contribution is 0.161. The summed E-state index contributed by atoms with van der Waals surface area (Å²) >= 11 is 1.73. The smallest absolute Gasteiger partial charge is 0.0897 e. The van der Waals surface area contributed by atoms with Crippen LogP contribution in [0.5, 0.6) is 0 Å². The van der Waals surface area contributed by atoms with E-state index >= 15 is 0 Å². The van der Waals surface area contributed by atoms with Crippen molar-refractivity contribution in [1.29, 1.82) is 0 Å². The Kier molecular flexibility index (Phi) is 6.56. The van der Waals surface area contributed by atoms with Crippen molar-refractivity contribution in [3.63, 3.8) is 0 Å². The Morgan fingerprint density at radius 2 is 2.44 bits per heavy atom. The fourth-order valence-electron chi connectivity index (χ4n) is 1.54. The number of ether oxygens (including phenoxy) is 1. The van der Waals surface area contributed by atoms with E-state index in [1.54, 1.807) is 18.4 Å². The summed E-state index contributed by atoms with van der Waals surface area (Å²) < 4.78 is 5.18. The van der Waals surface area contributed by atoms with E-state index in [4.69, 9.17) is 10.5 Å². The van der Waals surface area contributed by atoms with Crippen LogP contribution < -0.4 is 11.1 Å². The van der Waals surface area contributed by atoms with E-state index in [9.17, 15) is 0 Å². The fourth-order valence-corrected chi connectivity index (χ4v) is 2.29. The summed E-state index contributed by atoms with van der Waals surface area (Å²) in [5.74, 6) is 0. The van der Waals surface area contributed by atoms with Gasteiger partial charge in [-0.05, 0) is 26.3 Å². The highest BCUT2D eigenvalue weighted by molar-refractivity contribution is 7.11. The maximum atomic E-state index is 5.51. The van der Waals surface area contributed by atoms with Crippen LogP contribution in [-0.2, 0) is 11.3 Å². The molecule has 0 fully saturated rings. The summed E-state index contributed by atoms with van der Waals surface area (Å²) in [6, 6.07) is 0.385. The number of nitrogens with zero attached hydrogens (tertiary/aromatic N) is 1. The van der Waals surface area contributed by atoms with Gasteiger partial charge in [0.05, 0.1) is 11.6 Å². The number of rotatable bonds is 8. The number of hydrogen-bond acceptors (Lipinski definition) is 5. The number of nitrogens with two attached hydrogens (primary N) is 1. The molecule has 0 aliphatic heterocycles. The maximum absolute atomic E-state index is 5.51. The molecule has 1 rings (SSSR count). The Hall–Kier alpha value is -0.490. The first-order valence-electron chi connectivity index (χ1n) is 5.60. The van der Waals surface area contributed by atoms with Gasteiger partial charge in [-0.1, -0.05) is 0 Å². The Morgan fingerprint density at radius 3 is 3.00 bits per heavy atom. The van der Waals surface area contributed by atoms with Crippen LogP contribution in [-0.4, -0.2) is 31.3 Å². The highest BCUT2D eigenvalue weighted by Gasteiger charge is 2.08. The van der Waals surface area contributed by atoms with Gasteiger partial charge in [0.15, 0.2) is 0 Å². The number of thiazole rings is 1. The molecule has 0 saturated heterocycles. The van der Waals surface area contributed by atoms with E-state index in [-0.39, 0.29) is 0 Å². The summed E-state index contributed by atoms with van der Waals surface area (Å²) in [6.45, 7) is 4.36. The molecule has 1 atom stereocenters. The van der Waals surface area contributed by atoms with Crippen molar-refractivity contribution in [1.82, 2.24) is 10.3 Å². The lowest BCUT2D eigenvalue weighted by atomic mass is 10.1. The highest BCUT2D eigenvalue weighted by Crippen LogP contribution is 2.11. The van der Waals surface area contributed by atoms with Gasteiger partial charge in [-0.25, -0.2) is 4.98 Å². The number of aryl methyl sites for hydroxylation is 1. The van der Waals surface area contributed by atoms with Gasteiger partial charge in [-0.2, -0.15) is 0 Å². The Balaban J connectivity index is 2.30. The van der Waals surface area contributed by atoms with Crippen LogP contribution in [0.4, 0.5) is 0 Å². The predicted molar refractivity (Wildman–Crippen MR) is 67.6 cm³/mol. The molecule has 0 aliphatic rings. The largest absolute Gasteiger partial charge is 0.383 e. The molecule has 0 radical (unpaired) electrons. The molecule has 0 aromatic carbocycles. The quantitative estimate of drug-likeness (QED) is 0.722. The van der Waals surface area contributed by atoms with E-state index in [0.29, 0.717) is 6.04 Å². The summed E-state index contributed by atoms with van der Waals surface area (Å²) in [5, 5.41) is 4.59. The van der Waals surface area contributed by atoms with Gasteiger partial charge in [-0.15, -0.1) is 11.3 Å². The first-order chi connectivity index (χ1) is 7.76. The molecule has 3 N–H and O–H groups in total. The lowest BCUT2D eigenvalue weighted by Crippen LogP contribution is -2.33. The van der Waals surface area contributed by atoms with Gasteiger partial charge in [0.1, 0.15) is 0 Å². The third-order valence-electron chi connectivity index (χ3n) is 2.36. The average molecular weight is 243 g/mol. The predicted octanol–water partition coefficient (Wildman–Crippen LogP) is 1.30. The molecule has 0 amide bonds. The van der Waals surface area contributed by atoms with Crippen molar-refractivity contribution in [3.8, 4) is 0 Å². The van der Waals surface area contributed by atoms with Crippen LogP contribution in [0, 0.1) is 6.92 Å². The van der Waals surface area contributed by atoms with Gasteiger partial charge in [0.2, 0.25) is 0 Å². The SMILES string of the molecule is COCC(CCCN)NCc1cnc(C)s1. The molecule has 5 heteroatoms. The van der Waals surface area contributed by atoms with Gasteiger partial charge < -0.3 is 15.8 Å². The first-order valence-corrected chi connectivity index (χ1v) is 6.41. The van der Waals surface area contributed by atoms with E-state index in [0.717, 1.165) is 37.5 Å². The van der Waals surface area contributed by atoms with E-state index in [1.807, 2.05) is 13.1 Å². The van der Waals surface area contributed by atoms with Crippen molar-refractivity contribution in [2.45, 2.75) is 32.4 Å². The number of nitrogens with one attached hydrogen (secondary N) is 1. The van der Waals surface area contributed by atoms with Crippen molar-refractivity contribution >= 4 is 11.3 Å². The first kappa shape index (κ1) is 13.6. The van der Waals surface area contributed by atoms with Crippen molar-refractivity contribution < 1.29 is 4.74 Å². The molecule has 1 heterocycles. The van der Waals surface area contributed by atoms with Gasteiger partial charge in [0, 0.05) is 30.8 Å². The van der Waals surface area contributed by atoms with Crippen LogP contribution >= 0.6 is 11.3 Å². The van der Waals surface area contributed by atoms with Crippen molar-refractivity contribution in [3.05, 3.63) is 16.1 Å². The average Bonchev–Trinajstić information content (AvgIpc) is 2.68. The molecule has 0 bridgehead atoms. The monoisotopic (exact) mass is 243 g/mol. The Bertz CT molecular complexity index is 291. The minimum atomic E-state index is 0.385. The molecule has 92 valence electrons. The van der Waals surface area contributed by atoms with Crippen LogP contribution in [0.1, 0.15) is 22.7 Å². The van der Waals surface area contributed by atoms with Crippen LogP contribution in [0.2, 0.25) is 0 Å². The second kappa shape index (κ2) is 7.73. The second-order valence-corrected chi connectivity index (χ2v) is 5.13. The summed E-state index contributed by atoms with van der Waals surface area (Å²) in [5.41, 5.74) is 5.51. The standard InChI is InChI=1S/C11H21N3OS/c1-9-13-6-11(16-9)7-14-10(8-15-2)4-3-5-12/h6,10,14H,3-5,7-8,12H2,1-2H3. The normalized spacial score (nSPS) is 12.9. The topological polar surface area (TPSA) is 60.2 Å². The minimum absolute atomic E-state index is 0.385. The zero-order valence-electron chi connectivity index (χ0n) is 10.0. The van der Waals surface area contributed by atoms with E-state index < -0.39 is 0 Å². The number of methoxy groups -OCH3 is 1. The molecular formula is C11H21N3OS.